The maximum absolute atomic E-state index is 12.4. The molecule has 1 unspecified atom stereocenters. The quantitative estimate of drug-likeness (QED) is 0.489. The number of fused-ring (bicyclic) bond motifs is 1. The minimum atomic E-state index is -0.441. The van der Waals surface area contributed by atoms with E-state index in [-0.39, 0.29) is 17.6 Å². The Kier molecular flexibility index (Phi) is 4.42. The van der Waals surface area contributed by atoms with E-state index in [1.165, 1.54) is 29.3 Å². The van der Waals surface area contributed by atoms with Gasteiger partial charge in [-0.05, 0) is 47.7 Å². The van der Waals surface area contributed by atoms with Crippen molar-refractivity contribution in [3.8, 4) is 0 Å². The third-order valence-corrected chi connectivity index (χ3v) is 4.44. The molecule has 122 valence electrons. The summed E-state index contributed by atoms with van der Waals surface area (Å²) in [5.41, 5.74) is 3.32. The Balaban J connectivity index is 1.69. The molecule has 1 aliphatic carbocycles. The van der Waals surface area contributed by atoms with Gasteiger partial charge < -0.3 is 4.90 Å². The van der Waals surface area contributed by atoms with Gasteiger partial charge in [-0.2, -0.15) is 0 Å². The Morgan fingerprint density at radius 3 is 2.62 bits per heavy atom. The lowest BCUT2D eigenvalue weighted by Crippen LogP contribution is -2.28. The van der Waals surface area contributed by atoms with E-state index in [0.717, 1.165) is 18.4 Å². The van der Waals surface area contributed by atoms with Gasteiger partial charge in [0.2, 0.25) is 5.91 Å². The van der Waals surface area contributed by atoms with Crippen LogP contribution in [0.1, 0.15) is 29.2 Å². The number of carbonyl (C=O) groups excluding carboxylic acids is 1. The first kappa shape index (κ1) is 15.9. The Hall–Kier alpha value is -2.95. The number of nitro groups is 1. The molecule has 0 saturated carbocycles. The number of amides is 1. The van der Waals surface area contributed by atoms with Crippen LogP contribution in [0.15, 0.2) is 54.6 Å². The first-order valence-electron chi connectivity index (χ1n) is 7.83. The fourth-order valence-electron chi connectivity index (χ4n) is 3.08. The van der Waals surface area contributed by atoms with Gasteiger partial charge in [-0.25, -0.2) is 0 Å². The van der Waals surface area contributed by atoms with E-state index in [2.05, 4.69) is 12.1 Å². The molecular formula is C19H18N2O3. The molecule has 5 heteroatoms. The van der Waals surface area contributed by atoms with Gasteiger partial charge in [0.25, 0.3) is 5.69 Å². The zero-order valence-electron chi connectivity index (χ0n) is 13.4. The third kappa shape index (κ3) is 3.20. The van der Waals surface area contributed by atoms with Crippen molar-refractivity contribution >= 4 is 17.7 Å². The predicted octanol–water partition coefficient (Wildman–Crippen LogP) is 3.75. The molecule has 1 aliphatic rings. The van der Waals surface area contributed by atoms with Crippen LogP contribution >= 0.6 is 0 Å². The van der Waals surface area contributed by atoms with Crippen LogP contribution in [0.3, 0.4) is 0 Å². The second-order valence-corrected chi connectivity index (χ2v) is 5.88. The number of aryl methyl sites for hydroxylation is 1. The summed E-state index contributed by atoms with van der Waals surface area (Å²) in [6, 6.07) is 14.5. The van der Waals surface area contributed by atoms with Crippen LogP contribution in [0.5, 0.6) is 0 Å². The fraction of sp³-hybridized carbons (Fsp3) is 0.211. The Morgan fingerprint density at radius 2 is 1.92 bits per heavy atom. The first-order chi connectivity index (χ1) is 11.6. The van der Waals surface area contributed by atoms with Crippen LogP contribution in [0.4, 0.5) is 5.69 Å². The highest BCUT2D eigenvalue weighted by Gasteiger charge is 2.27. The van der Waals surface area contributed by atoms with Crippen molar-refractivity contribution in [3.63, 3.8) is 0 Å². The number of likely N-dealkylation sites (N-methyl/N-ethyl adjacent to an activating group) is 1. The zero-order chi connectivity index (χ0) is 17.1. The average Bonchev–Trinajstić information content (AvgIpc) is 3.03. The molecule has 0 spiro atoms. The van der Waals surface area contributed by atoms with Crippen molar-refractivity contribution in [2.24, 2.45) is 0 Å². The lowest BCUT2D eigenvalue weighted by Gasteiger charge is -2.24. The smallest absolute Gasteiger partial charge is 0.269 e. The van der Waals surface area contributed by atoms with Crippen molar-refractivity contribution in [1.29, 1.82) is 0 Å². The molecule has 0 aliphatic heterocycles. The Morgan fingerprint density at radius 1 is 1.21 bits per heavy atom. The van der Waals surface area contributed by atoms with E-state index >= 15 is 0 Å². The minimum Gasteiger partial charge on any atom is -0.335 e. The summed E-state index contributed by atoms with van der Waals surface area (Å²) < 4.78 is 0. The average molecular weight is 322 g/mol. The fourth-order valence-corrected chi connectivity index (χ4v) is 3.08. The van der Waals surface area contributed by atoms with E-state index < -0.39 is 4.92 Å². The second-order valence-electron chi connectivity index (χ2n) is 5.88. The van der Waals surface area contributed by atoms with Crippen LogP contribution in [-0.2, 0) is 11.2 Å². The molecule has 0 bridgehead atoms. The van der Waals surface area contributed by atoms with Crippen LogP contribution in [0.25, 0.3) is 6.08 Å². The van der Waals surface area contributed by atoms with E-state index in [1.807, 2.05) is 19.2 Å². The van der Waals surface area contributed by atoms with E-state index in [4.69, 9.17) is 0 Å². The number of benzene rings is 2. The van der Waals surface area contributed by atoms with Gasteiger partial charge in [-0.3, -0.25) is 14.9 Å². The molecule has 0 radical (unpaired) electrons. The topological polar surface area (TPSA) is 63.5 Å². The van der Waals surface area contributed by atoms with Gasteiger partial charge in [-0.1, -0.05) is 24.3 Å². The van der Waals surface area contributed by atoms with Gasteiger partial charge in [0.05, 0.1) is 11.0 Å². The maximum Gasteiger partial charge on any atom is 0.269 e. The monoisotopic (exact) mass is 322 g/mol. The van der Waals surface area contributed by atoms with Crippen LogP contribution < -0.4 is 0 Å². The number of hydrogen-bond acceptors (Lipinski definition) is 3. The molecule has 24 heavy (non-hydrogen) atoms. The number of hydrogen-bond donors (Lipinski definition) is 0. The molecule has 5 nitrogen and oxygen atoms in total. The summed E-state index contributed by atoms with van der Waals surface area (Å²) in [6.07, 6.45) is 5.13. The summed E-state index contributed by atoms with van der Waals surface area (Å²) in [4.78, 5) is 24.4. The number of non-ortho nitro benzene ring substituents is 1. The van der Waals surface area contributed by atoms with E-state index in [0.29, 0.717) is 0 Å². The summed E-state index contributed by atoms with van der Waals surface area (Å²) in [5, 5.41) is 10.6. The molecular weight excluding hydrogens is 304 g/mol. The van der Waals surface area contributed by atoms with Crippen molar-refractivity contribution < 1.29 is 9.72 Å². The zero-order valence-corrected chi connectivity index (χ0v) is 13.4. The Labute approximate surface area is 140 Å². The van der Waals surface area contributed by atoms with Crippen molar-refractivity contribution in [1.82, 2.24) is 4.90 Å². The molecule has 2 aromatic carbocycles. The lowest BCUT2D eigenvalue weighted by molar-refractivity contribution is -0.384. The highest BCUT2D eigenvalue weighted by atomic mass is 16.6. The van der Waals surface area contributed by atoms with E-state index in [1.54, 1.807) is 23.1 Å². The maximum atomic E-state index is 12.4. The summed E-state index contributed by atoms with van der Waals surface area (Å²) in [7, 11) is 1.81. The molecule has 1 atom stereocenters. The van der Waals surface area contributed by atoms with E-state index in [9.17, 15) is 14.9 Å². The standard InChI is InChI=1S/C19H18N2O3/c1-20(18-12-9-15-4-2-3-5-17(15)18)19(22)13-8-14-6-10-16(11-7-14)21(23)24/h2-8,10-11,13,18H,9,12H2,1H3/b13-8+. The second kappa shape index (κ2) is 6.66. The third-order valence-electron chi connectivity index (χ3n) is 4.44. The van der Waals surface area contributed by atoms with Crippen LogP contribution in [0, 0.1) is 10.1 Å². The highest BCUT2D eigenvalue weighted by molar-refractivity contribution is 5.92. The Bertz CT molecular complexity index is 797. The van der Waals surface area contributed by atoms with Gasteiger partial charge in [0.1, 0.15) is 0 Å². The SMILES string of the molecule is CN(C(=O)/C=C/c1ccc([N+](=O)[O-])cc1)C1CCc2ccccc21. The van der Waals surface area contributed by atoms with Gasteiger partial charge >= 0.3 is 0 Å². The normalized spacial score (nSPS) is 16.1. The summed E-state index contributed by atoms with van der Waals surface area (Å²) in [5.74, 6) is -0.0740. The summed E-state index contributed by atoms with van der Waals surface area (Å²) in [6.45, 7) is 0. The van der Waals surface area contributed by atoms with Crippen LogP contribution in [0.2, 0.25) is 0 Å². The predicted molar refractivity (Wildman–Crippen MR) is 92.4 cm³/mol. The number of carbonyl (C=O) groups is 1. The molecule has 0 aromatic heterocycles. The van der Waals surface area contributed by atoms with Crippen LogP contribution in [-0.4, -0.2) is 22.8 Å². The first-order valence-corrected chi connectivity index (χ1v) is 7.83. The van der Waals surface area contributed by atoms with Gasteiger partial charge in [-0.15, -0.1) is 0 Å². The van der Waals surface area contributed by atoms with Crippen molar-refractivity contribution in [2.75, 3.05) is 7.05 Å². The molecule has 0 saturated heterocycles. The largest absolute Gasteiger partial charge is 0.335 e. The van der Waals surface area contributed by atoms with Gasteiger partial charge in [0.15, 0.2) is 0 Å². The van der Waals surface area contributed by atoms with Crippen molar-refractivity contribution in [2.45, 2.75) is 18.9 Å². The molecule has 2 aromatic rings. The number of nitrogens with zero attached hydrogens (tertiary/aromatic N) is 2. The molecule has 0 fully saturated rings. The lowest BCUT2D eigenvalue weighted by atomic mass is 10.1. The summed E-state index contributed by atoms with van der Waals surface area (Å²) >= 11 is 0. The van der Waals surface area contributed by atoms with Crippen molar-refractivity contribution in [3.05, 3.63) is 81.4 Å². The molecule has 3 rings (SSSR count). The molecule has 0 heterocycles. The van der Waals surface area contributed by atoms with Gasteiger partial charge in [0, 0.05) is 25.3 Å². The molecule has 0 N–H and O–H groups in total. The number of nitro benzene ring substituents is 1. The molecule has 1 amide bonds. The minimum absolute atomic E-state index is 0.0400. The number of rotatable bonds is 4. The highest BCUT2D eigenvalue weighted by Crippen LogP contribution is 2.34.